The Morgan fingerprint density at radius 1 is 0.435 bits per heavy atom. The van der Waals surface area contributed by atoms with Crippen molar-refractivity contribution in [1.29, 1.82) is 0 Å². The summed E-state index contributed by atoms with van der Waals surface area (Å²) in [5.41, 5.74) is 12.9. The lowest BCUT2D eigenvalue weighted by molar-refractivity contribution is 0.669. The quantitative estimate of drug-likeness (QED) is 0.200. The van der Waals surface area contributed by atoms with Crippen LogP contribution in [0.5, 0.6) is 0 Å². The second-order valence-electron chi connectivity index (χ2n) is 11.6. The van der Waals surface area contributed by atoms with Crippen molar-refractivity contribution >= 4 is 33.0 Å². The molecule has 9 rings (SSSR count). The van der Waals surface area contributed by atoms with Gasteiger partial charge in [0.15, 0.2) is 0 Å². The summed E-state index contributed by atoms with van der Waals surface area (Å²) in [7, 11) is 0. The molecule has 0 atom stereocenters. The van der Waals surface area contributed by atoms with Crippen LogP contribution in [0.25, 0.3) is 83.4 Å². The predicted molar refractivity (Wildman–Crippen MR) is 190 cm³/mol. The van der Waals surface area contributed by atoms with E-state index in [-0.39, 0.29) is 0 Å². The van der Waals surface area contributed by atoms with E-state index >= 15 is 0 Å². The Balaban J connectivity index is 1.16. The molecule has 7 aromatic carbocycles. The Morgan fingerprint density at radius 2 is 1.00 bits per heavy atom. The molecule has 0 spiro atoms. The summed E-state index contributed by atoms with van der Waals surface area (Å²) in [4.78, 5) is 5.16. The lowest BCUT2D eigenvalue weighted by Gasteiger charge is -2.11. The minimum atomic E-state index is 0.839. The first-order valence-electron chi connectivity index (χ1n) is 15.5. The van der Waals surface area contributed by atoms with Gasteiger partial charge in [-0.2, -0.15) is 0 Å². The van der Waals surface area contributed by atoms with E-state index in [1.54, 1.807) is 0 Å². The van der Waals surface area contributed by atoms with Crippen LogP contribution in [-0.2, 0) is 0 Å². The molecule has 0 aliphatic carbocycles. The van der Waals surface area contributed by atoms with Crippen molar-refractivity contribution in [3.05, 3.63) is 170 Å². The normalized spacial score (nSPS) is 11.5. The van der Waals surface area contributed by atoms with E-state index < -0.39 is 0 Å². The van der Waals surface area contributed by atoms with Crippen LogP contribution in [0.2, 0.25) is 0 Å². The summed E-state index contributed by atoms with van der Waals surface area (Å²) in [5.74, 6) is 0.857. The van der Waals surface area contributed by atoms with Gasteiger partial charge in [0.1, 0.15) is 17.0 Å². The van der Waals surface area contributed by atoms with Crippen LogP contribution >= 0.6 is 0 Å². The molecule has 0 aliphatic rings. The van der Waals surface area contributed by atoms with Crippen molar-refractivity contribution in [3.8, 4) is 50.5 Å². The van der Waals surface area contributed by atoms with Crippen LogP contribution in [0.4, 0.5) is 0 Å². The fraction of sp³-hybridized carbons (Fsp3) is 0. The molecule has 0 unspecified atom stereocenters. The summed E-state index contributed by atoms with van der Waals surface area (Å²) < 4.78 is 8.86. The molecule has 0 N–H and O–H groups in total. The van der Waals surface area contributed by atoms with Crippen molar-refractivity contribution in [2.24, 2.45) is 0 Å². The second-order valence-corrected chi connectivity index (χ2v) is 11.6. The van der Waals surface area contributed by atoms with Crippen molar-refractivity contribution < 1.29 is 4.42 Å². The Labute approximate surface area is 266 Å². The number of imidazole rings is 1. The first kappa shape index (κ1) is 26.2. The lowest BCUT2D eigenvalue weighted by Crippen LogP contribution is -1.98. The average Bonchev–Trinajstić information content (AvgIpc) is 3.71. The van der Waals surface area contributed by atoms with Gasteiger partial charge in [0.05, 0.1) is 16.6 Å². The average molecular weight is 589 g/mol. The summed E-state index contributed by atoms with van der Waals surface area (Å²) in [5, 5.41) is 2.17. The molecule has 0 saturated carbocycles. The number of fused-ring (bicyclic) bond motifs is 4. The summed E-state index contributed by atoms with van der Waals surface area (Å²) in [6.07, 6.45) is 0. The second kappa shape index (κ2) is 10.8. The van der Waals surface area contributed by atoms with Crippen molar-refractivity contribution in [2.45, 2.75) is 0 Å². The molecule has 216 valence electrons. The maximum absolute atomic E-state index is 6.62. The third-order valence-electron chi connectivity index (χ3n) is 8.86. The SMILES string of the molecule is c1ccc(-c2ccc(-c3ccc4oc5c(-c6nc7ccccc7n6-c6ccc(-c7ccccc7)cc6)cccc5c4c3)cc2)cc1. The van der Waals surface area contributed by atoms with E-state index in [1.165, 1.54) is 27.8 Å². The Kier molecular flexibility index (Phi) is 6.14. The zero-order valence-corrected chi connectivity index (χ0v) is 25.0. The number of nitrogens with zero attached hydrogens (tertiary/aromatic N) is 2. The van der Waals surface area contributed by atoms with E-state index in [1.807, 2.05) is 18.2 Å². The van der Waals surface area contributed by atoms with Crippen LogP contribution in [0.3, 0.4) is 0 Å². The van der Waals surface area contributed by atoms with Crippen molar-refractivity contribution in [2.75, 3.05) is 0 Å². The maximum atomic E-state index is 6.62. The van der Waals surface area contributed by atoms with Crippen LogP contribution in [0, 0.1) is 0 Å². The van der Waals surface area contributed by atoms with Crippen LogP contribution < -0.4 is 0 Å². The van der Waals surface area contributed by atoms with Gasteiger partial charge in [-0.1, -0.05) is 127 Å². The van der Waals surface area contributed by atoms with Gasteiger partial charge in [-0.3, -0.25) is 4.57 Å². The van der Waals surface area contributed by atoms with Crippen LogP contribution in [0.1, 0.15) is 0 Å². The number of hydrogen-bond donors (Lipinski definition) is 0. The third-order valence-corrected chi connectivity index (χ3v) is 8.86. The highest BCUT2D eigenvalue weighted by Gasteiger charge is 2.20. The standard InChI is InChI=1S/C43H28N2O/c1-3-10-29(11-4-1)31-18-20-33(21-19-31)34-24-27-41-38(28-34)36-14-9-15-37(42(36)46-41)43-44-39-16-7-8-17-40(39)45(43)35-25-22-32(23-26-35)30-12-5-2-6-13-30/h1-28H. The molecular weight excluding hydrogens is 560 g/mol. The fourth-order valence-corrected chi connectivity index (χ4v) is 6.54. The molecule has 0 saturated heterocycles. The van der Waals surface area contributed by atoms with Gasteiger partial charge in [-0.05, 0) is 75.8 Å². The molecule has 0 radical (unpaired) electrons. The Bertz CT molecular complexity index is 2490. The zero-order valence-electron chi connectivity index (χ0n) is 25.0. The van der Waals surface area contributed by atoms with Crippen molar-refractivity contribution in [1.82, 2.24) is 9.55 Å². The predicted octanol–water partition coefficient (Wildman–Crippen LogP) is 11.6. The largest absolute Gasteiger partial charge is 0.455 e. The van der Waals surface area contributed by atoms with Gasteiger partial charge in [-0.25, -0.2) is 4.98 Å². The van der Waals surface area contributed by atoms with Gasteiger partial charge >= 0.3 is 0 Å². The van der Waals surface area contributed by atoms with E-state index in [0.717, 1.165) is 55.6 Å². The number of para-hydroxylation sites is 3. The summed E-state index contributed by atoms with van der Waals surface area (Å²) >= 11 is 0. The van der Waals surface area contributed by atoms with Crippen molar-refractivity contribution in [3.63, 3.8) is 0 Å². The molecule has 9 aromatic rings. The lowest BCUT2D eigenvalue weighted by atomic mass is 9.99. The van der Waals surface area contributed by atoms with Crippen LogP contribution in [-0.4, -0.2) is 9.55 Å². The van der Waals surface area contributed by atoms with E-state index in [9.17, 15) is 0 Å². The third kappa shape index (κ3) is 4.41. The monoisotopic (exact) mass is 588 g/mol. The minimum Gasteiger partial charge on any atom is -0.455 e. The highest BCUT2D eigenvalue weighted by molar-refractivity contribution is 6.10. The van der Waals surface area contributed by atoms with Gasteiger partial charge < -0.3 is 4.42 Å². The van der Waals surface area contributed by atoms with Gasteiger partial charge in [-0.15, -0.1) is 0 Å². The summed E-state index contributed by atoms with van der Waals surface area (Å²) in [6, 6.07) is 59.6. The minimum absolute atomic E-state index is 0.839. The summed E-state index contributed by atoms with van der Waals surface area (Å²) in [6.45, 7) is 0. The first-order chi connectivity index (χ1) is 22.8. The molecule has 2 aromatic heterocycles. The molecule has 46 heavy (non-hydrogen) atoms. The highest BCUT2D eigenvalue weighted by atomic mass is 16.3. The highest BCUT2D eigenvalue weighted by Crippen LogP contribution is 2.39. The van der Waals surface area contributed by atoms with E-state index in [2.05, 4.69) is 156 Å². The molecule has 0 bridgehead atoms. The van der Waals surface area contributed by atoms with E-state index in [4.69, 9.17) is 9.40 Å². The topological polar surface area (TPSA) is 31.0 Å². The van der Waals surface area contributed by atoms with Gasteiger partial charge in [0.25, 0.3) is 0 Å². The Morgan fingerprint density at radius 3 is 1.70 bits per heavy atom. The molecule has 0 fully saturated rings. The zero-order chi connectivity index (χ0) is 30.5. The van der Waals surface area contributed by atoms with Gasteiger partial charge in [0, 0.05) is 16.5 Å². The first-order valence-corrected chi connectivity index (χ1v) is 15.5. The number of furan rings is 1. The van der Waals surface area contributed by atoms with Gasteiger partial charge in [0.2, 0.25) is 0 Å². The Hall–Kier alpha value is -6.19. The molecular formula is C43H28N2O. The molecule has 2 heterocycles. The maximum Gasteiger partial charge on any atom is 0.149 e. The fourth-order valence-electron chi connectivity index (χ4n) is 6.54. The number of hydrogen-bond acceptors (Lipinski definition) is 2. The number of benzene rings is 7. The number of rotatable bonds is 5. The van der Waals surface area contributed by atoms with E-state index in [0.29, 0.717) is 0 Å². The number of aromatic nitrogens is 2. The molecule has 3 heteroatoms. The molecule has 0 amide bonds. The smallest absolute Gasteiger partial charge is 0.149 e. The van der Waals surface area contributed by atoms with Crippen LogP contribution in [0.15, 0.2) is 174 Å². The molecule has 3 nitrogen and oxygen atoms in total. The molecule has 0 aliphatic heterocycles.